The van der Waals surface area contributed by atoms with Gasteiger partial charge in [0.25, 0.3) is 0 Å². The van der Waals surface area contributed by atoms with Crippen LogP contribution in [0, 0.1) is 0 Å². The van der Waals surface area contributed by atoms with Crippen molar-refractivity contribution in [3.05, 3.63) is 34.6 Å². The molecule has 2 rings (SSSR count). The van der Waals surface area contributed by atoms with Crippen molar-refractivity contribution in [2.45, 2.75) is 11.4 Å². The van der Waals surface area contributed by atoms with Gasteiger partial charge in [-0.15, -0.1) is 10.2 Å². The molecule has 20 heavy (non-hydrogen) atoms. The van der Waals surface area contributed by atoms with E-state index in [0.29, 0.717) is 5.56 Å². The van der Waals surface area contributed by atoms with Crippen LogP contribution < -0.4 is 10.5 Å². The molecule has 2 aromatic rings. The second-order valence-corrected chi connectivity index (χ2v) is 6.27. The van der Waals surface area contributed by atoms with Gasteiger partial charge < -0.3 is 5.73 Å². The molecule has 106 valence electrons. The number of hydrogen-bond acceptors (Lipinski definition) is 6. The van der Waals surface area contributed by atoms with Gasteiger partial charge in [0, 0.05) is 5.56 Å². The highest BCUT2D eigenvalue weighted by Gasteiger charge is 2.17. The summed E-state index contributed by atoms with van der Waals surface area (Å²) in [6.45, 7) is -0.0898. The number of tetrazole rings is 1. The number of rotatable bonds is 5. The van der Waals surface area contributed by atoms with Crippen molar-refractivity contribution < 1.29 is 8.42 Å². The minimum Gasteiger partial charge on any atom is -0.389 e. The molecule has 0 aliphatic carbocycles. The Hall–Kier alpha value is -1.62. The summed E-state index contributed by atoms with van der Waals surface area (Å²) < 4.78 is 26.4. The van der Waals surface area contributed by atoms with Crippen LogP contribution in [0.5, 0.6) is 0 Å². The largest absolute Gasteiger partial charge is 0.389 e. The summed E-state index contributed by atoms with van der Waals surface area (Å²) in [6.07, 6.45) is 0. The number of nitrogens with zero attached hydrogens (tertiary/aromatic N) is 3. The Morgan fingerprint density at radius 3 is 2.80 bits per heavy atom. The van der Waals surface area contributed by atoms with E-state index < -0.39 is 10.0 Å². The fourth-order valence-corrected chi connectivity index (χ4v) is 2.95. The number of aromatic amines is 1. The van der Waals surface area contributed by atoms with Gasteiger partial charge in [0.1, 0.15) is 4.99 Å². The van der Waals surface area contributed by atoms with E-state index in [2.05, 4.69) is 25.3 Å². The van der Waals surface area contributed by atoms with Gasteiger partial charge in [-0.3, -0.25) is 0 Å². The van der Waals surface area contributed by atoms with Gasteiger partial charge in [0.15, 0.2) is 5.82 Å². The van der Waals surface area contributed by atoms with Crippen LogP contribution in [0.1, 0.15) is 11.4 Å². The molecule has 0 unspecified atom stereocenters. The van der Waals surface area contributed by atoms with Crippen LogP contribution in [0.2, 0.25) is 5.02 Å². The maximum Gasteiger partial charge on any atom is 0.241 e. The second-order valence-electron chi connectivity index (χ2n) is 3.66. The van der Waals surface area contributed by atoms with E-state index in [1.54, 1.807) is 0 Å². The standard InChI is InChI=1S/C9H9ClN6O2S2/c10-7-3-5(1-2-6(7)9(11)19)20(17,18)12-4-8-13-15-16-14-8/h1-3,12H,4H2,(H2,11,19)(H,13,14,15,16). The van der Waals surface area contributed by atoms with E-state index in [1.807, 2.05) is 0 Å². The number of thiocarbonyl (C=S) groups is 1. The minimum absolute atomic E-state index is 0.00834. The number of nitrogens with two attached hydrogens (primary N) is 1. The van der Waals surface area contributed by atoms with E-state index in [-0.39, 0.29) is 27.3 Å². The van der Waals surface area contributed by atoms with Crippen molar-refractivity contribution in [2.75, 3.05) is 0 Å². The number of benzene rings is 1. The molecule has 0 fully saturated rings. The van der Waals surface area contributed by atoms with Crippen LogP contribution in [-0.2, 0) is 16.6 Å². The Morgan fingerprint density at radius 1 is 1.50 bits per heavy atom. The Bertz CT molecular complexity index is 731. The Balaban J connectivity index is 2.21. The molecule has 1 aromatic carbocycles. The van der Waals surface area contributed by atoms with Crippen molar-refractivity contribution in [1.29, 1.82) is 0 Å². The third kappa shape index (κ3) is 3.28. The Kier molecular flexibility index (Phi) is 4.28. The lowest BCUT2D eigenvalue weighted by atomic mass is 10.2. The zero-order chi connectivity index (χ0) is 14.8. The minimum atomic E-state index is -3.74. The SMILES string of the molecule is NC(=S)c1ccc(S(=O)(=O)NCc2nn[nH]n2)cc1Cl. The van der Waals surface area contributed by atoms with E-state index >= 15 is 0 Å². The quantitative estimate of drug-likeness (QED) is 0.656. The monoisotopic (exact) mass is 332 g/mol. The number of sulfonamides is 1. The van der Waals surface area contributed by atoms with Gasteiger partial charge in [-0.2, -0.15) is 5.21 Å². The summed E-state index contributed by atoms with van der Waals surface area (Å²) in [5.74, 6) is 0.222. The van der Waals surface area contributed by atoms with Gasteiger partial charge in [-0.1, -0.05) is 29.0 Å². The van der Waals surface area contributed by atoms with Crippen LogP contribution >= 0.6 is 23.8 Å². The highest BCUT2D eigenvalue weighted by molar-refractivity contribution is 7.89. The molecule has 4 N–H and O–H groups in total. The number of hydrogen-bond donors (Lipinski definition) is 3. The third-order valence-electron chi connectivity index (χ3n) is 2.33. The molecule has 11 heteroatoms. The van der Waals surface area contributed by atoms with Gasteiger partial charge >= 0.3 is 0 Å². The molecule has 0 radical (unpaired) electrons. The predicted molar refractivity (Wildman–Crippen MR) is 75.5 cm³/mol. The zero-order valence-electron chi connectivity index (χ0n) is 9.87. The fraction of sp³-hybridized carbons (Fsp3) is 0.111. The molecule has 0 aliphatic heterocycles. The second kappa shape index (κ2) is 5.79. The first kappa shape index (κ1) is 14.8. The Morgan fingerprint density at radius 2 is 2.25 bits per heavy atom. The predicted octanol–water partition coefficient (Wildman–Crippen LogP) is -0.0342. The van der Waals surface area contributed by atoms with Gasteiger partial charge in [-0.05, 0) is 18.2 Å². The van der Waals surface area contributed by atoms with Gasteiger partial charge in [-0.25, -0.2) is 13.1 Å². The van der Waals surface area contributed by atoms with E-state index in [9.17, 15) is 8.42 Å². The van der Waals surface area contributed by atoms with Crippen molar-refractivity contribution in [3.8, 4) is 0 Å². The smallest absolute Gasteiger partial charge is 0.241 e. The molecule has 0 saturated heterocycles. The molecule has 1 heterocycles. The normalized spacial score (nSPS) is 11.4. The average molecular weight is 333 g/mol. The lowest BCUT2D eigenvalue weighted by Gasteiger charge is -2.07. The van der Waals surface area contributed by atoms with Crippen LogP contribution in [0.15, 0.2) is 23.1 Å². The molecule has 0 aliphatic rings. The molecule has 8 nitrogen and oxygen atoms in total. The summed E-state index contributed by atoms with van der Waals surface area (Å²) in [5, 5.41) is 13.0. The number of H-pyrrole nitrogens is 1. The summed E-state index contributed by atoms with van der Waals surface area (Å²) >= 11 is 10.7. The molecule has 0 spiro atoms. The summed E-state index contributed by atoms with van der Waals surface area (Å²) in [7, 11) is -3.74. The van der Waals surface area contributed by atoms with Crippen molar-refractivity contribution in [2.24, 2.45) is 5.73 Å². The van der Waals surface area contributed by atoms with E-state index in [4.69, 9.17) is 29.6 Å². The van der Waals surface area contributed by atoms with Gasteiger partial charge in [0.2, 0.25) is 10.0 Å². The highest BCUT2D eigenvalue weighted by atomic mass is 35.5. The molecule has 0 saturated carbocycles. The topological polar surface area (TPSA) is 127 Å². The lowest BCUT2D eigenvalue weighted by molar-refractivity contribution is 0.579. The lowest BCUT2D eigenvalue weighted by Crippen LogP contribution is -2.24. The molecule has 1 aromatic heterocycles. The van der Waals surface area contributed by atoms with E-state index in [0.717, 1.165) is 0 Å². The molecular formula is C9H9ClN6O2S2. The van der Waals surface area contributed by atoms with Crippen LogP contribution in [-0.4, -0.2) is 34.0 Å². The van der Waals surface area contributed by atoms with Gasteiger partial charge in [0.05, 0.1) is 16.5 Å². The third-order valence-corrected chi connectivity index (χ3v) is 4.26. The fourth-order valence-electron chi connectivity index (χ4n) is 1.36. The zero-order valence-corrected chi connectivity index (χ0v) is 12.3. The number of aromatic nitrogens is 4. The first-order valence-electron chi connectivity index (χ1n) is 5.21. The molecule has 0 bridgehead atoms. The highest BCUT2D eigenvalue weighted by Crippen LogP contribution is 2.20. The van der Waals surface area contributed by atoms with Crippen molar-refractivity contribution in [3.63, 3.8) is 0 Å². The molecule has 0 amide bonds. The van der Waals surface area contributed by atoms with Crippen LogP contribution in [0.4, 0.5) is 0 Å². The number of nitrogens with one attached hydrogen (secondary N) is 2. The summed E-state index contributed by atoms with van der Waals surface area (Å²) in [4.78, 5) is 0.0877. The van der Waals surface area contributed by atoms with Crippen molar-refractivity contribution >= 4 is 38.8 Å². The molecule has 0 atom stereocenters. The van der Waals surface area contributed by atoms with Crippen molar-refractivity contribution in [1.82, 2.24) is 25.3 Å². The van der Waals surface area contributed by atoms with Crippen LogP contribution in [0.3, 0.4) is 0 Å². The first-order valence-corrected chi connectivity index (χ1v) is 7.48. The summed E-state index contributed by atoms with van der Waals surface area (Å²) in [5.41, 5.74) is 5.87. The van der Waals surface area contributed by atoms with E-state index in [1.165, 1.54) is 18.2 Å². The average Bonchev–Trinajstić information content (AvgIpc) is 2.89. The van der Waals surface area contributed by atoms with Crippen LogP contribution in [0.25, 0.3) is 0 Å². The summed E-state index contributed by atoms with van der Waals surface area (Å²) in [6, 6.07) is 4.08. The maximum atomic E-state index is 12.0. The Labute approximate surface area is 124 Å². The maximum absolute atomic E-state index is 12.0. The first-order chi connectivity index (χ1) is 9.40. The molecular weight excluding hydrogens is 324 g/mol. The number of halogens is 1.